The number of aromatic nitrogens is 1. The van der Waals surface area contributed by atoms with Gasteiger partial charge in [-0.3, -0.25) is 19.8 Å². The number of carbonyl (C=O) groups excluding carboxylic acids is 1. The lowest BCUT2D eigenvalue weighted by molar-refractivity contribution is -0.384. The van der Waals surface area contributed by atoms with Crippen LogP contribution in [-0.4, -0.2) is 60.0 Å². The van der Waals surface area contributed by atoms with Crippen molar-refractivity contribution in [2.45, 2.75) is 13.3 Å². The second-order valence-electron chi connectivity index (χ2n) is 7.96. The van der Waals surface area contributed by atoms with Crippen LogP contribution in [-0.2, 0) is 11.2 Å². The number of nitrogens with zero attached hydrogens (tertiary/aromatic N) is 4. The minimum Gasteiger partial charge on any atom is -0.351 e. The number of piperazine rings is 1. The Morgan fingerprint density at radius 1 is 1.21 bits per heavy atom. The second kappa shape index (κ2) is 10.5. The number of aryl methyl sites for hydroxylation is 1. The van der Waals surface area contributed by atoms with E-state index < -0.39 is 4.92 Å². The summed E-state index contributed by atoms with van der Waals surface area (Å²) in [4.78, 5) is 32.0. The first-order chi connectivity index (χ1) is 16.0. The van der Waals surface area contributed by atoms with E-state index in [-0.39, 0.29) is 11.6 Å². The fourth-order valence-electron chi connectivity index (χ4n) is 3.78. The number of amides is 1. The molecule has 172 valence electrons. The van der Waals surface area contributed by atoms with E-state index in [4.69, 9.17) is 4.98 Å². The highest BCUT2D eigenvalue weighted by Gasteiger charge is 2.19. The van der Waals surface area contributed by atoms with Crippen LogP contribution < -0.4 is 10.2 Å². The van der Waals surface area contributed by atoms with E-state index in [0.717, 1.165) is 49.8 Å². The van der Waals surface area contributed by atoms with Gasteiger partial charge in [-0.25, -0.2) is 4.98 Å². The van der Waals surface area contributed by atoms with Crippen LogP contribution in [0, 0.1) is 10.1 Å². The molecule has 0 radical (unpaired) electrons. The molecule has 0 saturated carbocycles. The summed E-state index contributed by atoms with van der Waals surface area (Å²) in [5.41, 5.74) is 3.03. The van der Waals surface area contributed by atoms with Gasteiger partial charge in [-0.05, 0) is 35.8 Å². The first-order valence-corrected chi connectivity index (χ1v) is 11.9. The van der Waals surface area contributed by atoms with Gasteiger partial charge in [0.15, 0.2) is 5.13 Å². The highest BCUT2D eigenvalue weighted by Crippen LogP contribution is 2.30. The third-order valence-corrected chi connectivity index (χ3v) is 6.81. The summed E-state index contributed by atoms with van der Waals surface area (Å²) in [6.07, 6.45) is 4.03. The Labute approximate surface area is 196 Å². The number of rotatable bonds is 8. The lowest BCUT2D eigenvalue weighted by atomic mass is 10.2. The van der Waals surface area contributed by atoms with Crippen molar-refractivity contribution in [3.8, 4) is 0 Å². The Kier molecular flexibility index (Phi) is 7.31. The van der Waals surface area contributed by atoms with E-state index in [2.05, 4.69) is 40.2 Å². The Morgan fingerprint density at radius 3 is 2.79 bits per heavy atom. The van der Waals surface area contributed by atoms with E-state index in [0.29, 0.717) is 12.1 Å². The first kappa shape index (κ1) is 22.9. The number of nitro groups is 1. The summed E-state index contributed by atoms with van der Waals surface area (Å²) in [6, 6.07) is 12.7. The van der Waals surface area contributed by atoms with Gasteiger partial charge in [0.2, 0.25) is 5.91 Å². The van der Waals surface area contributed by atoms with Gasteiger partial charge in [0, 0.05) is 57.5 Å². The van der Waals surface area contributed by atoms with Crippen LogP contribution in [0.15, 0.2) is 48.5 Å². The minimum atomic E-state index is -0.448. The largest absolute Gasteiger partial charge is 0.351 e. The number of hydrogen-bond acceptors (Lipinski definition) is 7. The fraction of sp³-hybridized carbons (Fsp3) is 0.333. The van der Waals surface area contributed by atoms with Crippen molar-refractivity contribution in [1.82, 2.24) is 15.2 Å². The predicted molar refractivity (Wildman–Crippen MR) is 133 cm³/mol. The molecule has 2 heterocycles. The normalized spacial score (nSPS) is 14.8. The molecular formula is C24H27N5O3S. The van der Waals surface area contributed by atoms with Crippen LogP contribution in [0.1, 0.15) is 18.1 Å². The van der Waals surface area contributed by atoms with Crippen LogP contribution in [0.4, 0.5) is 10.8 Å². The number of thiazole rings is 1. The highest BCUT2D eigenvalue weighted by molar-refractivity contribution is 7.22. The first-order valence-electron chi connectivity index (χ1n) is 11.1. The van der Waals surface area contributed by atoms with Gasteiger partial charge in [-0.15, -0.1) is 0 Å². The number of fused-ring (bicyclic) bond motifs is 1. The molecule has 9 heteroatoms. The molecule has 8 nitrogen and oxygen atoms in total. The van der Waals surface area contributed by atoms with E-state index in [9.17, 15) is 14.9 Å². The standard InChI is InChI=1S/C24H27N5O3S/c1-2-18-6-8-21-22(17-18)33-24(26-21)28-14-12-27(13-15-28)11-10-25-23(30)9-7-19-4-3-5-20(16-19)29(31)32/h3-9,16-17H,2,10-15H2,1H3,(H,25,30)/b9-7+. The van der Waals surface area contributed by atoms with Gasteiger partial charge in [0.1, 0.15) is 0 Å². The van der Waals surface area contributed by atoms with E-state index >= 15 is 0 Å². The molecule has 0 spiro atoms. The van der Waals surface area contributed by atoms with E-state index in [1.54, 1.807) is 29.5 Å². The summed E-state index contributed by atoms with van der Waals surface area (Å²) >= 11 is 1.76. The second-order valence-corrected chi connectivity index (χ2v) is 8.97. The van der Waals surface area contributed by atoms with Crippen LogP contribution in [0.5, 0.6) is 0 Å². The summed E-state index contributed by atoms with van der Waals surface area (Å²) in [6.45, 7) is 7.19. The average Bonchev–Trinajstić information content (AvgIpc) is 3.26. The molecule has 4 rings (SSSR count). The third-order valence-electron chi connectivity index (χ3n) is 5.73. The molecule has 1 aromatic heterocycles. The lowest BCUT2D eigenvalue weighted by Gasteiger charge is -2.34. The molecule has 0 aliphatic carbocycles. The molecule has 0 unspecified atom stereocenters. The number of carbonyl (C=O) groups is 1. The molecular weight excluding hydrogens is 438 g/mol. The molecule has 0 bridgehead atoms. The Bertz CT molecular complexity index is 1170. The Balaban J connectivity index is 1.21. The number of non-ortho nitro benzene ring substituents is 1. The molecule has 1 amide bonds. The summed E-state index contributed by atoms with van der Waals surface area (Å²) < 4.78 is 1.24. The van der Waals surface area contributed by atoms with Crippen molar-refractivity contribution in [1.29, 1.82) is 0 Å². The highest BCUT2D eigenvalue weighted by atomic mass is 32.1. The summed E-state index contributed by atoms with van der Waals surface area (Å²) in [5.74, 6) is -0.207. The number of nitro benzene ring substituents is 1. The monoisotopic (exact) mass is 465 g/mol. The maximum atomic E-state index is 12.1. The van der Waals surface area contributed by atoms with Gasteiger partial charge in [0.25, 0.3) is 5.69 Å². The minimum absolute atomic E-state index is 0.00765. The lowest BCUT2D eigenvalue weighted by Crippen LogP contribution is -2.48. The van der Waals surface area contributed by atoms with Crippen molar-refractivity contribution in [3.05, 3.63) is 69.8 Å². The van der Waals surface area contributed by atoms with Crippen molar-refractivity contribution in [2.24, 2.45) is 0 Å². The average molecular weight is 466 g/mol. The molecule has 1 aliphatic rings. The molecule has 0 atom stereocenters. The third kappa shape index (κ3) is 5.94. The van der Waals surface area contributed by atoms with Gasteiger partial charge < -0.3 is 10.2 Å². The van der Waals surface area contributed by atoms with Gasteiger partial charge in [0.05, 0.1) is 15.1 Å². The molecule has 2 aromatic carbocycles. The molecule has 1 fully saturated rings. The van der Waals surface area contributed by atoms with E-state index in [1.165, 1.54) is 28.5 Å². The molecule has 1 N–H and O–H groups in total. The molecule has 3 aromatic rings. The quantitative estimate of drug-likeness (QED) is 0.310. The van der Waals surface area contributed by atoms with E-state index in [1.807, 2.05) is 0 Å². The molecule has 1 aliphatic heterocycles. The zero-order valence-corrected chi connectivity index (χ0v) is 19.4. The van der Waals surface area contributed by atoms with Crippen molar-refractivity contribution in [2.75, 3.05) is 44.2 Å². The molecule has 33 heavy (non-hydrogen) atoms. The van der Waals surface area contributed by atoms with Gasteiger partial charge >= 0.3 is 0 Å². The van der Waals surface area contributed by atoms with Crippen molar-refractivity contribution >= 4 is 44.4 Å². The number of anilines is 1. The fourth-order valence-corrected chi connectivity index (χ4v) is 4.87. The van der Waals surface area contributed by atoms with Crippen LogP contribution in [0.2, 0.25) is 0 Å². The zero-order chi connectivity index (χ0) is 23.2. The number of nitrogens with one attached hydrogen (secondary N) is 1. The van der Waals surface area contributed by atoms with Gasteiger partial charge in [-0.1, -0.05) is 36.5 Å². The van der Waals surface area contributed by atoms with Crippen LogP contribution >= 0.6 is 11.3 Å². The number of benzene rings is 2. The Morgan fingerprint density at radius 2 is 2.03 bits per heavy atom. The number of hydrogen-bond donors (Lipinski definition) is 1. The SMILES string of the molecule is CCc1ccc2nc(N3CCN(CCNC(=O)/C=C/c4cccc([N+](=O)[O-])c4)CC3)sc2c1. The van der Waals surface area contributed by atoms with Crippen molar-refractivity contribution in [3.63, 3.8) is 0 Å². The molecule has 1 saturated heterocycles. The Hall–Kier alpha value is -3.30. The summed E-state index contributed by atoms with van der Waals surface area (Å²) in [7, 11) is 0. The predicted octanol–water partition coefficient (Wildman–Crippen LogP) is 3.72. The topological polar surface area (TPSA) is 91.6 Å². The maximum Gasteiger partial charge on any atom is 0.270 e. The van der Waals surface area contributed by atoms with Gasteiger partial charge in [-0.2, -0.15) is 0 Å². The van der Waals surface area contributed by atoms with Crippen LogP contribution in [0.3, 0.4) is 0 Å². The summed E-state index contributed by atoms with van der Waals surface area (Å²) in [5, 5.41) is 14.8. The zero-order valence-electron chi connectivity index (χ0n) is 18.6. The smallest absolute Gasteiger partial charge is 0.270 e. The van der Waals surface area contributed by atoms with Crippen LogP contribution in [0.25, 0.3) is 16.3 Å². The van der Waals surface area contributed by atoms with Crippen molar-refractivity contribution < 1.29 is 9.72 Å². The maximum absolute atomic E-state index is 12.1.